The van der Waals surface area contributed by atoms with Crippen LogP contribution in [-0.2, 0) is 17.3 Å². The highest BCUT2D eigenvalue weighted by Gasteiger charge is 2.27. The quantitative estimate of drug-likeness (QED) is 0.0948. The van der Waals surface area contributed by atoms with E-state index < -0.39 is 0 Å². The largest absolute Gasteiger partial charge is 0.456 e. The Morgan fingerprint density at radius 3 is 0.672 bits per heavy atom. The fourth-order valence-electron chi connectivity index (χ4n) is 19.7. The zero-order valence-corrected chi connectivity index (χ0v) is 72.6. The van der Waals surface area contributed by atoms with Crippen molar-refractivity contribution in [2.45, 2.75) is 79.1 Å². The van der Waals surface area contributed by atoms with Gasteiger partial charge in [0.15, 0.2) is 0 Å². The molecule has 0 unspecified atom stereocenters. The van der Waals surface area contributed by atoms with Crippen LogP contribution >= 0.6 is 0 Å². The fourth-order valence-corrected chi connectivity index (χ4v) is 19.7. The number of rotatable bonds is 16. The number of benzene rings is 20. The van der Waals surface area contributed by atoms with Crippen molar-refractivity contribution >= 4 is 221 Å². The zero-order chi connectivity index (χ0) is 86.0. The minimum Gasteiger partial charge on any atom is -0.456 e. The Morgan fingerprint density at radius 1 is 0.195 bits per heavy atom. The Bertz CT molecular complexity index is 8530. The van der Waals surface area contributed by atoms with Crippen molar-refractivity contribution in [2.75, 3.05) is 19.6 Å². The van der Waals surface area contributed by atoms with Crippen LogP contribution in [0.1, 0.15) is 74.4 Å². The summed E-state index contributed by atoms with van der Waals surface area (Å²) in [6, 6.07) is 138. The van der Waals surface area contributed by atoms with Crippen LogP contribution in [0.3, 0.4) is 0 Å². The molecule has 0 amide bonds. The molecule has 0 fully saturated rings. The first-order valence-corrected chi connectivity index (χ1v) is 44.5. The molecule has 0 radical (unpaired) electrons. The Morgan fingerprint density at radius 2 is 0.406 bits per heavy atom. The van der Waals surface area contributed by atoms with Gasteiger partial charge in [0.1, 0.15) is 44.7 Å². The Kier molecular flexibility index (Phi) is 17.5. The normalized spacial score (nSPS) is 12.3. The van der Waals surface area contributed by atoms with Crippen LogP contribution in [0.2, 0.25) is 0 Å². The van der Waals surface area contributed by atoms with Crippen molar-refractivity contribution in [1.82, 2.24) is 0 Å². The fraction of sp³-hybridized carbons (Fsp3) is 0.100. The third-order valence-corrected chi connectivity index (χ3v) is 26.9. The second kappa shape index (κ2) is 29.5. The third kappa shape index (κ3) is 13.4. The number of para-hydroxylation sites is 2. The van der Waals surface area contributed by atoms with Crippen molar-refractivity contribution in [3.8, 4) is 0 Å². The molecule has 0 atom stereocenters. The minimum atomic E-state index is -0.118. The summed E-state index contributed by atoms with van der Waals surface area (Å²) in [4.78, 5) is 9.39. The van der Waals surface area contributed by atoms with Crippen LogP contribution in [0.25, 0.3) is 152 Å². The lowest BCUT2D eigenvalue weighted by molar-refractivity contribution is 0.480. The number of nitrogens with zero attached hydrogens (tertiary/aromatic N) is 4. The summed E-state index contributed by atoms with van der Waals surface area (Å²) in [5.41, 5.74) is 27.4. The average Bonchev–Trinajstić information content (AvgIpc) is 1.58. The number of fused-ring (bicyclic) bond motifs is 18. The summed E-state index contributed by atoms with van der Waals surface area (Å²) >= 11 is 0. The van der Waals surface area contributed by atoms with Crippen LogP contribution < -0.4 is 19.6 Å². The molecule has 4 heterocycles. The molecular weight excluding hydrogens is 1560 g/mol. The predicted octanol–water partition coefficient (Wildman–Crippen LogP) is 35.2. The first-order chi connectivity index (χ1) is 62.4. The van der Waals surface area contributed by atoms with Crippen LogP contribution in [0.5, 0.6) is 0 Å². The second-order valence-corrected chi connectivity index (χ2v) is 36.9. The molecule has 20 aromatic carbocycles. The second-order valence-electron chi connectivity index (χ2n) is 36.9. The molecule has 614 valence electrons. The minimum absolute atomic E-state index is 0.0593. The summed E-state index contributed by atoms with van der Waals surface area (Å²) in [6.07, 6.45) is 1.89. The van der Waals surface area contributed by atoms with Gasteiger partial charge in [-0.25, -0.2) is 0 Å². The molecule has 0 bridgehead atoms. The monoisotopic (exact) mass is 1650 g/mol. The topological polar surface area (TPSA) is 65.5 Å². The predicted molar refractivity (Wildman–Crippen MR) is 540 cm³/mol. The standard InChI is InChI=1S/C120H90N4O4/c1-73-19-35-93(36-20-73)123(94-37-21-74(2)22-38-94)101-45-29-79-59-105-109-63-86-64-110-106-60-80-30-46-102(56-84(80)68-114(106)128-118(110)72-88(86)71-117(109)127-113(105)67-83(79)55-101)124(95-39-23-75(3)24-40-95)96-41-25-76(26-42-96)51-52-120(7,8)90-33-49-98(50-34-90)122(92-17-13-10-14-18-92)100-44-28-78-58-104-108-62-85-61-107-103-57-77-27-43-99(121(91-15-11-9-12-16-91)97-47-31-89(32-48-97)119(4,5)6)53-81(77)65-111(103)125-115(107)69-87(85)70-116(108)126-112(104)66-82(78)54-100/h9-50,53-72H,51-52H2,1-8H3. The molecule has 0 aliphatic heterocycles. The van der Waals surface area contributed by atoms with Gasteiger partial charge >= 0.3 is 0 Å². The summed E-state index contributed by atoms with van der Waals surface area (Å²) in [7, 11) is 0. The van der Waals surface area contributed by atoms with E-state index in [1.165, 1.54) is 33.4 Å². The Balaban J connectivity index is 0.475. The maximum atomic E-state index is 6.84. The zero-order valence-electron chi connectivity index (χ0n) is 72.6. The van der Waals surface area contributed by atoms with E-state index in [9.17, 15) is 0 Å². The van der Waals surface area contributed by atoms with E-state index in [0.29, 0.717) is 0 Å². The molecule has 0 spiro atoms. The highest BCUT2D eigenvalue weighted by atomic mass is 16.3. The van der Waals surface area contributed by atoms with Crippen molar-refractivity contribution in [1.29, 1.82) is 0 Å². The van der Waals surface area contributed by atoms with Crippen molar-refractivity contribution in [3.05, 3.63) is 409 Å². The van der Waals surface area contributed by atoms with Gasteiger partial charge < -0.3 is 37.3 Å². The van der Waals surface area contributed by atoms with Gasteiger partial charge in [-0.15, -0.1) is 0 Å². The lowest BCUT2D eigenvalue weighted by Gasteiger charge is -2.29. The number of hydrogen-bond donors (Lipinski definition) is 0. The van der Waals surface area contributed by atoms with Crippen LogP contribution in [0.4, 0.5) is 68.2 Å². The first kappa shape index (κ1) is 76.0. The maximum Gasteiger partial charge on any atom is 0.136 e. The van der Waals surface area contributed by atoms with Crippen molar-refractivity contribution < 1.29 is 17.7 Å². The molecule has 0 saturated heterocycles. The molecule has 128 heavy (non-hydrogen) atoms. The summed E-state index contributed by atoms with van der Waals surface area (Å²) in [6.45, 7) is 17.9. The van der Waals surface area contributed by atoms with Crippen LogP contribution in [-0.4, -0.2) is 0 Å². The Hall–Kier alpha value is -15.6. The van der Waals surface area contributed by atoms with Gasteiger partial charge in [-0.05, 0) is 368 Å². The van der Waals surface area contributed by atoms with Gasteiger partial charge in [0.2, 0.25) is 0 Å². The highest BCUT2D eigenvalue weighted by molar-refractivity contribution is 6.21. The molecule has 8 heteroatoms. The van der Waals surface area contributed by atoms with E-state index in [2.05, 4.69) is 451 Å². The highest BCUT2D eigenvalue weighted by Crippen LogP contribution is 2.48. The summed E-state index contributed by atoms with van der Waals surface area (Å²) < 4.78 is 27.2. The van der Waals surface area contributed by atoms with Gasteiger partial charge in [0, 0.05) is 111 Å². The van der Waals surface area contributed by atoms with Gasteiger partial charge in [0.05, 0.1) is 0 Å². The van der Waals surface area contributed by atoms with E-state index in [1.807, 2.05) is 0 Å². The van der Waals surface area contributed by atoms with Gasteiger partial charge in [-0.3, -0.25) is 0 Å². The summed E-state index contributed by atoms with van der Waals surface area (Å²) in [5.74, 6) is 0. The maximum absolute atomic E-state index is 6.84. The van der Waals surface area contributed by atoms with E-state index >= 15 is 0 Å². The number of hydrogen-bond acceptors (Lipinski definition) is 8. The lowest BCUT2D eigenvalue weighted by atomic mass is 9.79. The molecule has 4 aromatic heterocycles. The molecule has 24 aromatic rings. The molecule has 8 nitrogen and oxygen atoms in total. The van der Waals surface area contributed by atoms with E-state index in [1.54, 1.807) is 0 Å². The molecule has 0 N–H and O–H groups in total. The van der Waals surface area contributed by atoms with Gasteiger partial charge in [0.25, 0.3) is 0 Å². The average molecular weight is 1650 g/mol. The molecule has 0 aliphatic carbocycles. The van der Waals surface area contributed by atoms with Crippen molar-refractivity contribution in [2.24, 2.45) is 0 Å². The lowest BCUT2D eigenvalue weighted by Crippen LogP contribution is -2.18. The Labute approximate surface area is 741 Å². The van der Waals surface area contributed by atoms with E-state index in [4.69, 9.17) is 17.7 Å². The van der Waals surface area contributed by atoms with Crippen molar-refractivity contribution in [3.63, 3.8) is 0 Å². The molecule has 24 rings (SSSR count). The molecule has 0 aliphatic rings. The SMILES string of the molecule is Cc1ccc(N(c2ccc(C)cc2)c2ccc3cc4c(cc3c2)oc2cc3cc5oc6cc7cc(N(c8ccc(C)cc8)c8ccc(CCC(C)(C)c9ccc(N(c%10ccccc%10)c%10ccc%11cc%12c(cc%11c%10)oc%10cc%11cc%13oc%14cc%15cc(N(c%16ccccc%16)c%16ccc(C(C)(C)C)cc%16)ccc%15cc%14c%13cc%11cc%10%12)cc9)cc8)ccc7cc6c5cc3cc24)cc1. The third-order valence-electron chi connectivity index (χ3n) is 26.9. The van der Waals surface area contributed by atoms with Gasteiger partial charge in [-0.1, -0.05) is 185 Å². The number of anilines is 12. The number of aryl methyl sites for hydroxylation is 4. The number of furan rings is 4. The van der Waals surface area contributed by atoms with E-state index in [-0.39, 0.29) is 10.8 Å². The summed E-state index contributed by atoms with van der Waals surface area (Å²) in [5, 5.41) is 22.2. The molecular formula is C120H90N4O4. The van der Waals surface area contributed by atoms with Crippen LogP contribution in [0.15, 0.2) is 394 Å². The van der Waals surface area contributed by atoms with E-state index in [0.717, 1.165) is 233 Å². The smallest absolute Gasteiger partial charge is 0.136 e. The molecule has 0 saturated carbocycles. The first-order valence-electron chi connectivity index (χ1n) is 44.5. The van der Waals surface area contributed by atoms with Crippen LogP contribution in [0, 0.1) is 20.8 Å². The van der Waals surface area contributed by atoms with Gasteiger partial charge in [-0.2, -0.15) is 0 Å².